The molecule has 1 heterocycles. The minimum atomic E-state index is 0.335. The van der Waals surface area contributed by atoms with Crippen LogP contribution in [0.2, 0.25) is 0 Å². The lowest BCUT2D eigenvalue weighted by atomic mass is 10.3. The SMILES string of the molecule is Brc1ccc2c(c1I)OCO2. The Kier molecular flexibility index (Phi) is 1.97. The van der Waals surface area contributed by atoms with Gasteiger partial charge in [0.25, 0.3) is 0 Å². The summed E-state index contributed by atoms with van der Waals surface area (Å²) in [5, 5.41) is 0. The van der Waals surface area contributed by atoms with Gasteiger partial charge < -0.3 is 9.47 Å². The fourth-order valence-corrected chi connectivity index (χ4v) is 1.83. The molecule has 11 heavy (non-hydrogen) atoms. The van der Waals surface area contributed by atoms with E-state index in [2.05, 4.69) is 38.5 Å². The number of hydrogen-bond acceptors (Lipinski definition) is 2. The molecule has 2 nitrogen and oxygen atoms in total. The van der Waals surface area contributed by atoms with Gasteiger partial charge >= 0.3 is 0 Å². The van der Waals surface area contributed by atoms with Crippen LogP contribution in [0.15, 0.2) is 16.6 Å². The van der Waals surface area contributed by atoms with Crippen molar-refractivity contribution < 1.29 is 9.47 Å². The van der Waals surface area contributed by atoms with E-state index in [0.717, 1.165) is 19.5 Å². The lowest BCUT2D eigenvalue weighted by Crippen LogP contribution is -1.93. The molecule has 0 saturated heterocycles. The Bertz CT molecular complexity index is 301. The van der Waals surface area contributed by atoms with E-state index in [9.17, 15) is 0 Å². The summed E-state index contributed by atoms with van der Waals surface area (Å²) >= 11 is 5.62. The highest BCUT2D eigenvalue weighted by Gasteiger charge is 2.17. The molecule has 0 spiro atoms. The zero-order valence-corrected chi connectivity index (χ0v) is 9.18. The van der Waals surface area contributed by atoms with Gasteiger partial charge in [-0.05, 0) is 50.7 Å². The standard InChI is InChI=1S/C7H4BrIO2/c8-4-1-2-5-7(6(4)9)11-3-10-5/h1-2H,3H2. The second-order valence-corrected chi connectivity index (χ2v) is 4.03. The average molecular weight is 327 g/mol. The van der Waals surface area contributed by atoms with Crippen molar-refractivity contribution >= 4 is 38.5 Å². The number of hydrogen-bond donors (Lipinski definition) is 0. The van der Waals surface area contributed by atoms with Crippen LogP contribution in [0, 0.1) is 3.57 Å². The Morgan fingerprint density at radius 2 is 2.18 bits per heavy atom. The highest BCUT2D eigenvalue weighted by atomic mass is 127. The molecule has 0 fully saturated rings. The van der Waals surface area contributed by atoms with Crippen molar-refractivity contribution in [1.82, 2.24) is 0 Å². The van der Waals surface area contributed by atoms with Gasteiger partial charge in [-0.25, -0.2) is 0 Å². The molecule has 1 aromatic rings. The van der Waals surface area contributed by atoms with Crippen molar-refractivity contribution in [3.05, 3.63) is 20.2 Å². The molecule has 0 radical (unpaired) electrons. The number of ether oxygens (including phenoxy) is 2. The van der Waals surface area contributed by atoms with Crippen LogP contribution in [0.3, 0.4) is 0 Å². The first kappa shape index (κ1) is 7.67. The molecule has 1 aliphatic heterocycles. The van der Waals surface area contributed by atoms with Gasteiger partial charge in [0.1, 0.15) is 0 Å². The number of halogens is 2. The molecule has 0 unspecified atom stereocenters. The smallest absolute Gasteiger partial charge is 0.231 e. The summed E-state index contributed by atoms with van der Waals surface area (Å²) in [6.07, 6.45) is 0. The molecular formula is C7H4BrIO2. The van der Waals surface area contributed by atoms with Crippen molar-refractivity contribution in [3.8, 4) is 11.5 Å². The Morgan fingerprint density at radius 3 is 3.00 bits per heavy atom. The third kappa shape index (κ3) is 1.22. The van der Waals surface area contributed by atoms with Crippen LogP contribution in [-0.4, -0.2) is 6.79 Å². The molecule has 2 rings (SSSR count). The van der Waals surface area contributed by atoms with E-state index >= 15 is 0 Å². The Labute approximate surface area is 86.1 Å². The molecule has 0 saturated carbocycles. The van der Waals surface area contributed by atoms with Gasteiger partial charge in [-0.3, -0.25) is 0 Å². The van der Waals surface area contributed by atoms with Crippen LogP contribution in [0.5, 0.6) is 11.5 Å². The minimum Gasteiger partial charge on any atom is -0.454 e. The summed E-state index contributed by atoms with van der Waals surface area (Å²) in [7, 11) is 0. The highest BCUT2D eigenvalue weighted by molar-refractivity contribution is 14.1. The summed E-state index contributed by atoms with van der Waals surface area (Å²) in [6, 6.07) is 3.85. The summed E-state index contributed by atoms with van der Waals surface area (Å²) in [5.74, 6) is 1.68. The van der Waals surface area contributed by atoms with Gasteiger partial charge in [-0.1, -0.05) is 0 Å². The van der Waals surface area contributed by atoms with E-state index in [-0.39, 0.29) is 0 Å². The van der Waals surface area contributed by atoms with E-state index in [0.29, 0.717) is 6.79 Å². The maximum atomic E-state index is 5.25. The second-order valence-electron chi connectivity index (χ2n) is 2.10. The predicted octanol–water partition coefficient (Wildman–Crippen LogP) is 2.78. The summed E-state index contributed by atoms with van der Waals surface area (Å²) in [4.78, 5) is 0. The van der Waals surface area contributed by atoms with Gasteiger partial charge in [0, 0.05) is 4.47 Å². The second kappa shape index (κ2) is 2.82. The molecule has 4 heteroatoms. The third-order valence-corrected chi connectivity index (χ3v) is 3.90. The van der Waals surface area contributed by atoms with Crippen molar-refractivity contribution in [1.29, 1.82) is 0 Å². The normalized spacial score (nSPS) is 13.6. The van der Waals surface area contributed by atoms with Crippen molar-refractivity contribution in [2.45, 2.75) is 0 Å². The monoisotopic (exact) mass is 326 g/mol. The molecule has 58 valence electrons. The molecule has 0 amide bonds. The van der Waals surface area contributed by atoms with Crippen molar-refractivity contribution in [2.75, 3.05) is 6.79 Å². The van der Waals surface area contributed by atoms with Crippen LogP contribution in [-0.2, 0) is 0 Å². The van der Waals surface area contributed by atoms with Gasteiger partial charge in [-0.2, -0.15) is 0 Å². The van der Waals surface area contributed by atoms with Crippen molar-refractivity contribution in [2.24, 2.45) is 0 Å². The fourth-order valence-electron chi connectivity index (χ4n) is 0.914. The highest BCUT2D eigenvalue weighted by Crippen LogP contribution is 2.39. The zero-order valence-electron chi connectivity index (χ0n) is 5.43. The van der Waals surface area contributed by atoms with Crippen LogP contribution in [0.25, 0.3) is 0 Å². The van der Waals surface area contributed by atoms with E-state index in [1.54, 1.807) is 0 Å². The minimum absolute atomic E-state index is 0.335. The van der Waals surface area contributed by atoms with Gasteiger partial charge in [0.15, 0.2) is 11.5 Å². The largest absolute Gasteiger partial charge is 0.454 e. The molecule has 0 bridgehead atoms. The average Bonchev–Trinajstić information content (AvgIpc) is 2.45. The number of benzene rings is 1. The maximum absolute atomic E-state index is 5.25. The van der Waals surface area contributed by atoms with Crippen LogP contribution < -0.4 is 9.47 Å². The topological polar surface area (TPSA) is 18.5 Å². The van der Waals surface area contributed by atoms with Crippen LogP contribution in [0.1, 0.15) is 0 Å². The molecular weight excluding hydrogens is 323 g/mol. The first-order valence-corrected chi connectivity index (χ1v) is 4.90. The Hall–Kier alpha value is 0.0300. The van der Waals surface area contributed by atoms with E-state index in [1.165, 1.54) is 0 Å². The first-order valence-electron chi connectivity index (χ1n) is 3.02. The third-order valence-electron chi connectivity index (χ3n) is 1.43. The zero-order chi connectivity index (χ0) is 7.84. The van der Waals surface area contributed by atoms with E-state index in [4.69, 9.17) is 9.47 Å². The lowest BCUT2D eigenvalue weighted by Gasteiger charge is -1.99. The summed E-state index contributed by atoms with van der Waals surface area (Å²) in [6.45, 7) is 0.335. The summed E-state index contributed by atoms with van der Waals surface area (Å²) < 4.78 is 12.5. The Morgan fingerprint density at radius 1 is 1.36 bits per heavy atom. The quantitative estimate of drug-likeness (QED) is 0.683. The van der Waals surface area contributed by atoms with Crippen LogP contribution >= 0.6 is 38.5 Å². The fraction of sp³-hybridized carbons (Fsp3) is 0.143. The molecule has 0 atom stereocenters. The number of fused-ring (bicyclic) bond motifs is 1. The predicted molar refractivity (Wildman–Crippen MR) is 53.0 cm³/mol. The van der Waals surface area contributed by atoms with Crippen LogP contribution in [0.4, 0.5) is 0 Å². The maximum Gasteiger partial charge on any atom is 0.231 e. The molecule has 1 aromatic carbocycles. The van der Waals surface area contributed by atoms with Crippen molar-refractivity contribution in [3.63, 3.8) is 0 Å². The molecule has 0 N–H and O–H groups in total. The first-order chi connectivity index (χ1) is 5.29. The molecule has 0 aromatic heterocycles. The molecule has 1 aliphatic rings. The lowest BCUT2D eigenvalue weighted by molar-refractivity contribution is 0.173. The molecule has 0 aliphatic carbocycles. The number of rotatable bonds is 0. The summed E-state index contributed by atoms with van der Waals surface area (Å²) in [5.41, 5.74) is 0. The van der Waals surface area contributed by atoms with Gasteiger partial charge in [0.2, 0.25) is 6.79 Å². The van der Waals surface area contributed by atoms with Gasteiger partial charge in [0.05, 0.1) is 3.57 Å². The Balaban J connectivity index is 2.62. The van der Waals surface area contributed by atoms with E-state index < -0.39 is 0 Å². The van der Waals surface area contributed by atoms with Gasteiger partial charge in [-0.15, -0.1) is 0 Å². The van der Waals surface area contributed by atoms with E-state index in [1.807, 2.05) is 12.1 Å².